The van der Waals surface area contributed by atoms with Gasteiger partial charge >= 0.3 is 0 Å². The fourth-order valence-corrected chi connectivity index (χ4v) is 4.16. The Morgan fingerprint density at radius 3 is 2.00 bits per heavy atom. The Labute approximate surface area is 254 Å². The summed E-state index contributed by atoms with van der Waals surface area (Å²) in [6, 6.07) is 7.77. The van der Waals surface area contributed by atoms with Gasteiger partial charge in [-0.25, -0.2) is 0 Å². The number of benzene rings is 1. The minimum atomic E-state index is 0.470. The van der Waals surface area contributed by atoms with E-state index in [0.717, 1.165) is 49.5 Å². The highest BCUT2D eigenvalue weighted by Crippen LogP contribution is 2.15. The van der Waals surface area contributed by atoms with Crippen LogP contribution in [0.4, 0.5) is 0 Å². The number of oxime groups is 1. The van der Waals surface area contributed by atoms with Crippen LogP contribution in [-0.2, 0) is 28.5 Å². The highest BCUT2D eigenvalue weighted by atomic mass is 16.6. The van der Waals surface area contributed by atoms with E-state index < -0.39 is 0 Å². The molecular weight excluding hydrogens is 534 g/mol. The van der Waals surface area contributed by atoms with Gasteiger partial charge in [0.15, 0.2) is 0 Å². The Bertz CT molecular complexity index is 856. The van der Waals surface area contributed by atoms with Crippen LogP contribution in [0.1, 0.15) is 70.8 Å². The molecule has 8 nitrogen and oxygen atoms in total. The van der Waals surface area contributed by atoms with Crippen molar-refractivity contribution >= 4 is 6.21 Å². The largest absolute Gasteiger partial charge is 0.491 e. The Morgan fingerprint density at radius 1 is 0.714 bits per heavy atom. The van der Waals surface area contributed by atoms with Gasteiger partial charge in [-0.05, 0) is 62.1 Å². The van der Waals surface area contributed by atoms with Crippen LogP contribution in [0.5, 0.6) is 5.75 Å². The molecule has 0 saturated heterocycles. The van der Waals surface area contributed by atoms with E-state index in [4.69, 9.17) is 33.3 Å². The van der Waals surface area contributed by atoms with Crippen molar-refractivity contribution in [1.82, 2.24) is 0 Å². The lowest BCUT2D eigenvalue weighted by atomic mass is 10.1. The molecule has 0 aliphatic heterocycles. The van der Waals surface area contributed by atoms with Crippen molar-refractivity contribution in [3.63, 3.8) is 0 Å². The molecular formula is C34H55NO7. The van der Waals surface area contributed by atoms with Crippen LogP contribution in [0.25, 0.3) is 0 Å². The summed E-state index contributed by atoms with van der Waals surface area (Å²) in [6.45, 7) is 11.4. The number of unbranched alkanes of at least 4 members (excludes halogenated alkanes) is 3. The maximum atomic E-state index is 5.77. The van der Waals surface area contributed by atoms with Crippen LogP contribution in [0.15, 0.2) is 53.2 Å². The van der Waals surface area contributed by atoms with E-state index in [1.54, 1.807) is 6.21 Å². The number of hydrogen-bond donors (Lipinski definition) is 0. The molecule has 0 amide bonds. The number of allylic oxidation sites excluding steroid dienone is 4. The van der Waals surface area contributed by atoms with Crippen molar-refractivity contribution in [3.8, 4) is 5.75 Å². The van der Waals surface area contributed by atoms with Gasteiger partial charge in [-0.1, -0.05) is 67.8 Å². The van der Waals surface area contributed by atoms with Crippen molar-refractivity contribution in [3.05, 3.63) is 53.6 Å². The van der Waals surface area contributed by atoms with Crippen molar-refractivity contribution in [2.45, 2.75) is 65.2 Å². The fraction of sp³-hybridized carbons (Fsp3) is 0.676. The monoisotopic (exact) mass is 589 g/mol. The molecule has 1 aromatic carbocycles. The predicted molar refractivity (Wildman–Crippen MR) is 169 cm³/mol. The first-order chi connectivity index (χ1) is 20.7. The molecule has 0 spiro atoms. The van der Waals surface area contributed by atoms with Crippen LogP contribution in [0.3, 0.4) is 0 Å². The van der Waals surface area contributed by atoms with Crippen LogP contribution < -0.4 is 4.74 Å². The topological polar surface area (TPSA) is 77.0 Å². The molecule has 0 atom stereocenters. The third kappa shape index (κ3) is 21.5. The van der Waals surface area contributed by atoms with Gasteiger partial charge in [0.2, 0.25) is 0 Å². The summed E-state index contributed by atoms with van der Waals surface area (Å²) in [6.07, 6.45) is 17.7. The van der Waals surface area contributed by atoms with Gasteiger partial charge < -0.3 is 33.3 Å². The quantitative estimate of drug-likeness (QED) is 0.0580. The lowest BCUT2D eigenvalue weighted by Gasteiger charge is -2.09. The number of nitrogens with zero attached hydrogens (tertiary/aromatic N) is 1. The Morgan fingerprint density at radius 2 is 1.36 bits per heavy atom. The van der Waals surface area contributed by atoms with Crippen LogP contribution in [0.2, 0.25) is 0 Å². The summed E-state index contributed by atoms with van der Waals surface area (Å²) in [5, 5.41) is 4.07. The third-order valence-electron chi connectivity index (χ3n) is 6.49. The van der Waals surface area contributed by atoms with Crippen molar-refractivity contribution in [1.29, 1.82) is 0 Å². The molecule has 0 N–H and O–H groups in total. The van der Waals surface area contributed by atoms with E-state index in [2.05, 4.69) is 37.2 Å². The number of rotatable bonds is 29. The molecule has 0 fully saturated rings. The van der Waals surface area contributed by atoms with E-state index >= 15 is 0 Å². The van der Waals surface area contributed by atoms with E-state index in [-0.39, 0.29) is 0 Å². The minimum Gasteiger partial charge on any atom is -0.491 e. The molecule has 0 aromatic heterocycles. The number of ether oxygens (including phenoxy) is 6. The van der Waals surface area contributed by atoms with Gasteiger partial charge in [-0.15, -0.1) is 0 Å². The normalized spacial score (nSPS) is 13.0. The lowest BCUT2D eigenvalue weighted by Crippen LogP contribution is -2.14. The average molecular weight is 590 g/mol. The van der Waals surface area contributed by atoms with Crippen molar-refractivity contribution in [2.75, 3.05) is 79.3 Å². The molecule has 0 bridgehead atoms. The van der Waals surface area contributed by atoms with E-state index in [0.29, 0.717) is 72.7 Å². The first-order valence-electron chi connectivity index (χ1n) is 15.9. The maximum Gasteiger partial charge on any atom is 0.120 e. The summed E-state index contributed by atoms with van der Waals surface area (Å²) >= 11 is 0. The second-order valence-corrected chi connectivity index (χ2v) is 10.7. The molecule has 0 radical (unpaired) electrons. The average Bonchev–Trinajstić information content (AvgIpc) is 3.51. The Balaban J connectivity index is 1.29. The first-order valence-corrected chi connectivity index (χ1v) is 15.9. The lowest BCUT2D eigenvalue weighted by molar-refractivity contribution is -0.0128. The molecule has 1 aliphatic rings. The highest BCUT2D eigenvalue weighted by molar-refractivity contribution is 5.79. The zero-order valence-electron chi connectivity index (χ0n) is 26.1. The van der Waals surface area contributed by atoms with Crippen LogP contribution in [0, 0.1) is 5.92 Å². The van der Waals surface area contributed by atoms with Gasteiger partial charge in [-0.3, -0.25) is 0 Å². The molecule has 0 saturated carbocycles. The molecule has 2 rings (SSSR count). The van der Waals surface area contributed by atoms with Crippen LogP contribution >= 0.6 is 0 Å². The third-order valence-corrected chi connectivity index (χ3v) is 6.49. The molecule has 1 aliphatic carbocycles. The van der Waals surface area contributed by atoms with E-state index in [9.17, 15) is 0 Å². The minimum absolute atomic E-state index is 0.470. The summed E-state index contributed by atoms with van der Waals surface area (Å²) < 4.78 is 33.6. The Kier molecular flexibility index (Phi) is 22.6. The predicted octanol–water partition coefficient (Wildman–Crippen LogP) is 6.77. The number of hydrogen-bond acceptors (Lipinski definition) is 8. The highest BCUT2D eigenvalue weighted by Gasteiger charge is 1.99. The van der Waals surface area contributed by atoms with E-state index in [1.165, 1.54) is 31.3 Å². The molecule has 0 heterocycles. The summed E-state index contributed by atoms with van der Waals surface area (Å²) in [5.41, 5.74) is 2.40. The zero-order valence-corrected chi connectivity index (χ0v) is 26.1. The molecule has 1 aromatic rings. The maximum absolute atomic E-state index is 5.77. The van der Waals surface area contributed by atoms with Crippen molar-refractivity contribution < 1.29 is 33.3 Å². The van der Waals surface area contributed by atoms with Gasteiger partial charge in [-0.2, -0.15) is 0 Å². The van der Waals surface area contributed by atoms with Crippen molar-refractivity contribution in [2.24, 2.45) is 11.1 Å². The Hall–Kier alpha value is -2.23. The summed E-state index contributed by atoms with van der Waals surface area (Å²) in [7, 11) is 0. The second-order valence-electron chi connectivity index (χ2n) is 10.7. The van der Waals surface area contributed by atoms with Gasteiger partial charge in [0.1, 0.15) is 19.0 Å². The first kappa shape index (κ1) is 36.0. The standard InChI is InChI=1S/C34H55NO7/c1-31(2)11-4-3-8-18-42-35-30-33-15-10-16-34(29-33)41-28-27-40-26-25-39-24-23-38-22-21-37-20-19-36-17-9-7-14-32-12-5-6-13-32/h5,10,12-13,15-16,29-31H,3-4,6-9,11,14,17-28H2,1-2H3/b35-30+. The molecule has 42 heavy (non-hydrogen) atoms. The smallest absolute Gasteiger partial charge is 0.120 e. The summed E-state index contributed by atoms with van der Waals surface area (Å²) in [4.78, 5) is 5.38. The molecule has 238 valence electrons. The van der Waals surface area contributed by atoms with Gasteiger partial charge in [0.25, 0.3) is 0 Å². The zero-order chi connectivity index (χ0) is 29.8. The van der Waals surface area contributed by atoms with Gasteiger partial charge in [0.05, 0.1) is 65.7 Å². The fourth-order valence-electron chi connectivity index (χ4n) is 4.16. The van der Waals surface area contributed by atoms with Gasteiger partial charge in [0, 0.05) is 6.61 Å². The molecule has 0 unspecified atom stereocenters. The molecule has 8 heteroatoms. The SMILES string of the molecule is CC(C)CCCCCO/N=C/c1cccc(OCCOCCOCCOCCOCCOCCCCC2=CCC=C2)c1. The van der Waals surface area contributed by atoms with Crippen LogP contribution in [-0.4, -0.2) is 85.5 Å². The second kappa shape index (κ2) is 26.4. The van der Waals surface area contributed by atoms with E-state index in [1.807, 2.05) is 24.3 Å². The summed E-state index contributed by atoms with van der Waals surface area (Å²) in [5.74, 6) is 1.55.